The molecule has 0 saturated heterocycles. The fourth-order valence-corrected chi connectivity index (χ4v) is 4.43. The maximum absolute atomic E-state index is 14.3. The van der Waals surface area contributed by atoms with Gasteiger partial charge in [0.1, 0.15) is 17.2 Å². The molecular weight excluding hydrogens is 643 g/mol. The number of benzene rings is 4. The van der Waals surface area contributed by atoms with Crippen LogP contribution in [0.25, 0.3) is 0 Å². The SMILES string of the molecule is OCC(NC(c1cccc(Oc2ccc(OC(F)(F)F)cc2)c1)c1cccc(C(F)(F)C(F)(F)F)c1)c1ccc(C(F)(F)F)cc1. The van der Waals surface area contributed by atoms with Gasteiger partial charge in [-0.05, 0) is 71.3 Å². The zero-order valence-corrected chi connectivity index (χ0v) is 23.0. The van der Waals surface area contributed by atoms with E-state index in [1.54, 1.807) is 0 Å². The van der Waals surface area contributed by atoms with Gasteiger partial charge >= 0.3 is 24.6 Å². The molecule has 2 atom stereocenters. The second-order valence-corrected chi connectivity index (χ2v) is 9.85. The van der Waals surface area contributed by atoms with E-state index < -0.39 is 60.2 Å². The van der Waals surface area contributed by atoms with Gasteiger partial charge in [-0.3, -0.25) is 5.32 Å². The molecular formula is C31H22F11NO3. The van der Waals surface area contributed by atoms with Gasteiger partial charge in [0, 0.05) is 5.56 Å². The number of aliphatic hydroxyl groups excluding tert-OH is 1. The van der Waals surface area contributed by atoms with Gasteiger partial charge in [0.05, 0.1) is 24.3 Å². The molecule has 0 fully saturated rings. The number of aliphatic hydroxyl groups is 1. The van der Waals surface area contributed by atoms with Crippen LogP contribution < -0.4 is 14.8 Å². The number of hydrogen-bond acceptors (Lipinski definition) is 4. The van der Waals surface area contributed by atoms with E-state index in [2.05, 4.69) is 10.1 Å². The van der Waals surface area contributed by atoms with E-state index in [1.807, 2.05) is 0 Å². The molecule has 0 saturated carbocycles. The van der Waals surface area contributed by atoms with Gasteiger partial charge in [-0.15, -0.1) is 13.2 Å². The Hall–Kier alpha value is -4.37. The van der Waals surface area contributed by atoms with Crippen molar-refractivity contribution in [2.45, 2.75) is 36.7 Å². The van der Waals surface area contributed by atoms with E-state index in [0.717, 1.165) is 42.5 Å². The molecule has 0 aromatic heterocycles. The minimum absolute atomic E-state index is 0.0565. The zero-order chi connectivity index (χ0) is 33.9. The van der Waals surface area contributed by atoms with E-state index in [0.29, 0.717) is 12.1 Å². The molecule has 4 aromatic carbocycles. The predicted octanol–water partition coefficient (Wildman–Crippen LogP) is 9.46. The Bertz CT molecular complexity index is 1600. The Morgan fingerprint density at radius 3 is 1.70 bits per heavy atom. The van der Waals surface area contributed by atoms with Crippen molar-refractivity contribution in [1.82, 2.24) is 5.32 Å². The third-order valence-corrected chi connectivity index (χ3v) is 6.61. The van der Waals surface area contributed by atoms with Gasteiger partial charge in [0.2, 0.25) is 0 Å². The molecule has 4 rings (SSSR count). The Morgan fingerprint density at radius 2 is 1.15 bits per heavy atom. The van der Waals surface area contributed by atoms with Crippen LogP contribution in [0.4, 0.5) is 48.3 Å². The zero-order valence-electron chi connectivity index (χ0n) is 23.0. The van der Waals surface area contributed by atoms with Crippen molar-refractivity contribution in [1.29, 1.82) is 0 Å². The van der Waals surface area contributed by atoms with E-state index in [4.69, 9.17) is 4.74 Å². The summed E-state index contributed by atoms with van der Waals surface area (Å²) in [6, 6.07) is 14.7. The summed E-state index contributed by atoms with van der Waals surface area (Å²) in [5, 5.41) is 13.0. The molecule has 15 heteroatoms. The summed E-state index contributed by atoms with van der Waals surface area (Å²) in [6.07, 6.45) is -15.5. The Labute approximate surface area is 254 Å². The number of rotatable bonds is 10. The van der Waals surface area contributed by atoms with Gasteiger partial charge in [-0.25, -0.2) is 0 Å². The lowest BCUT2D eigenvalue weighted by Crippen LogP contribution is -2.34. The Kier molecular flexibility index (Phi) is 9.87. The first-order chi connectivity index (χ1) is 21.4. The average molecular weight is 665 g/mol. The lowest BCUT2D eigenvalue weighted by Gasteiger charge is -2.28. The van der Waals surface area contributed by atoms with Crippen LogP contribution in [0, 0.1) is 0 Å². The average Bonchev–Trinajstić information content (AvgIpc) is 2.97. The Balaban J connectivity index is 1.72. The number of hydrogen-bond donors (Lipinski definition) is 2. The normalized spacial score (nSPS) is 14.1. The van der Waals surface area contributed by atoms with Gasteiger partial charge in [-0.2, -0.15) is 35.1 Å². The molecule has 46 heavy (non-hydrogen) atoms. The lowest BCUT2D eigenvalue weighted by molar-refractivity contribution is -0.289. The summed E-state index contributed by atoms with van der Waals surface area (Å²) in [6.45, 7) is -0.719. The summed E-state index contributed by atoms with van der Waals surface area (Å²) in [7, 11) is 0. The summed E-state index contributed by atoms with van der Waals surface area (Å²) in [4.78, 5) is 0. The number of halogens is 11. The first kappa shape index (κ1) is 34.5. The minimum atomic E-state index is -5.92. The maximum atomic E-state index is 14.3. The maximum Gasteiger partial charge on any atom is 0.573 e. The summed E-state index contributed by atoms with van der Waals surface area (Å²) < 4.78 is 154. The number of ether oxygens (including phenoxy) is 2. The summed E-state index contributed by atoms with van der Waals surface area (Å²) >= 11 is 0. The first-order valence-corrected chi connectivity index (χ1v) is 13.1. The topological polar surface area (TPSA) is 50.7 Å². The van der Waals surface area contributed by atoms with Gasteiger partial charge in [0.25, 0.3) is 0 Å². The molecule has 4 aromatic rings. The number of alkyl halides is 11. The van der Waals surface area contributed by atoms with Crippen LogP contribution in [-0.4, -0.2) is 24.3 Å². The molecule has 0 radical (unpaired) electrons. The monoisotopic (exact) mass is 665 g/mol. The van der Waals surface area contributed by atoms with Crippen LogP contribution in [0.1, 0.15) is 39.9 Å². The predicted molar refractivity (Wildman–Crippen MR) is 142 cm³/mol. The van der Waals surface area contributed by atoms with Crippen LogP contribution in [0.2, 0.25) is 0 Å². The minimum Gasteiger partial charge on any atom is -0.457 e. The third-order valence-electron chi connectivity index (χ3n) is 6.61. The molecule has 0 aliphatic heterocycles. The summed E-state index contributed by atoms with van der Waals surface area (Å²) in [5.41, 5.74) is -2.14. The fourth-order valence-electron chi connectivity index (χ4n) is 4.43. The molecule has 0 heterocycles. The molecule has 0 aliphatic rings. The van der Waals surface area contributed by atoms with E-state index in [1.165, 1.54) is 42.5 Å². The van der Waals surface area contributed by atoms with Crippen LogP contribution in [0.3, 0.4) is 0 Å². The smallest absolute Gasteiger partial charge is 0.457 e. The molecule has 2 N–H and O–H groups in total. The van der Waals surface area contributed by atoms with Crippen LogP contribution >= 0.6 is 0 Å². The van der Waals surface area contributed by atoms with Crippen molar-refractivity contribution in [2.75, 3.05) is 6.61 Å². The fraction of sp³-hybridized carbons (Fsp3) is 0.226. The largest absolute Gasteiger partial charge is 0.573 e. The second-order valence-electron chi connectivity index (χ2n) is 9.85. The Morgan fingerprint density at radius 1 is 0.587 bits per heavy atom. The standard InChI is InChI=1S/C31H22F11NO3/c32-28(33,30(37,38)39)22-5-1-3-19(15-22)27(43-26(17-44)18-7-9-21(10-8-18)29(34,35)36)20-4-2-6-25(16-20)45-23-11-13-24(14-12-23)46-31(40,41)42/h1-16,26-27,43-44H,17H2. The van der Waals surface area contributed by atoms with Crippen LogP contribution in [0.15, 0.2) is 97.1 Å². The molecule has 0 amide bonds. The van der Waals surface area contributed by atoms with Gasteiger partial charge in [-0.1, -0.05) is 42.5 Å². The lowest BCUT2D eigenvalue weighted by atomic mass is 9.93. The second kappa shape index (κ2) is 13.2. The molecule has 0 aliphatic carbocycles. The highest BCUT2D eigenvalue weighted by Crippen LogP contribution is 2.45. The molecule has 246 valence electrons. The molecule has 4 nitrogen and oxygen atoms in total. The van der Waals surface area contributed by atoms with Crippen molar-refractivity contribution in [3.8, 4) is 17.2 Å². The highest BCUT2D eigenvalue weighted by Gasteiger charge is 2.58. The van der Waals surface area contributed by atoms with Crippen molar-refractivity contribution >= 4 is 0 Å². The van der Waals surface area contributed by atoms with E-state index >= 15 is 0 Å². The highest BCUT2D eigenvalue weighted by molar-refractivity contribution is 5.42. The quantitative estimate of drug-likeness (QED) is 0.166. The molecule has 2 unspecified atom stereocenters. The van der Waals surface area contributed by atoms with Crippen LogP contribution in [0.5, 0.6) is 17.2 Å². The van der Waals surface area contributed by atoms with Crippen LogP contribution in [-0.2, 0) is 12.1 Å². The summed E-state index contributed by atoms with van der Waals surface area (Å²) in [5.74, 6) is -5.63. The van der Waals surface area contributed by atoms with Gasteiger partial charge in [0.15, 0.2) is 0 Å². The first-order valence-electron chi connectivity index (χ1n) is 13.1. The van der Waals surface area contributed by atoms with Crippen molar-refractivity contribution in [3.05, 3.63) is 125 Å². The highest BCUT2D eigenvalue weighted by atomic mass is 19.4. The van der Waals surface area contributed by atoms with Crippen molar-refractivity contribution in [3.63, 3.8) is 0 Å². The van der Waals surface area contributed by atoms with Crippen molar-refractivity contribution in [2.24, 2.45) is 0 Å². The van der Waals surface area contributed by atoms with Gasteiger partial charge < -0.3 is 14.6 Å². The van der Waals surface area contributed by atoms with E-state index in [9.17, 15) is 53.4 Å². The molecule has 0 spiro atoms. The van der Waals surface area contributed by atoms with E-state index in [-0.39, 0.29) is 28.2 Å². The third kappa shape index (κ3) is 8.46. The van der Waals surface area contributed by atoms with Crippen molar-refractivity contribution < 1.29 is 62.9 Å². The number of nitrogens with one attached hydrogen (secondary N) is 1. The molecule has 0 bridgehead atoms.